The molecule has 1 aromatic carbocycles. The third kappa shape index (κ3) is 3.57. The first-order chi connectivity index (χ1) is 11.4. The maximum Gasteiger partial charge on any atom is 0.270 e. The number of non-ortho nitro benzene ring substituents is 1. The summed E-state index contributed by atoms with van der Waals surface area (Å²) in [6.45, 7) is 0. The van der Waals surface area contributed by atoms with E-state index >= 15 is 0 Å². The molecule has 3 rings (SSSR count). The van der Waals surface area contributed by atoms with Gasteiger partial charge in [0.1, 0.15) is 4.34 Å². The molecular formula is C14H7Cl2N3O3S2. The van der Waals surface area contributed by atoms with E-state index in [0.29, 0.717) is 25.1 Å². The van der Waals surface area contributed by atoms with Gasteiger partial charge in [0.2, 0.25) is 0 Å². The fourth-order valence-corrected chi connectivity index (χ4v) is 4.08. The average molecular weight is 400 g/mol. The molecule has 0 aliphatic heterocycles. The van der Waals surface area contributed by atoms with Crippen LogP contribution in [0, 0.1) is 10.1 Å². The van der Waals surface area contributed by atoms with Crippen molar-refractivity contribution in [2.75, 3.05) is 5.32 Å². The number of anilines is 1. The molecule has 6 nitrogen and oxygen atoms in total. The number of halogens is 2. The molecule has 0 aliphatic rings. The van der Waals surface area contributed by atoms with Gasteiger partial charge < -0.3 is 0 Å². The van der Waals surface area contributed by atoms with E-state index in [4.69, 9.17) is 23.2 Å². The van der Waals surface area contributed by atoms with Crippen molar-refractivity contribution < 1.29 is 9.72 Å². The number of carbonyl (C=O) groups excluding carboxylic acids is 1. The number of carbonyl (C=O) groups is 1. The lowest BCUT2D eigenvalue weighted by Gasteiger charge is -2.00. The van der Waals surface area contributed by atoms with E-state index in [1.165, 1.54) is 29.5 Å². The second-order valence-corrected chi connectivity index (χ2v) is 7.68. The van der Waals surface area contributed by atoms with E-state index in [1.807, 2.05) is 0 Å². The van der Waals surface area contributed by atoms with E-state index in [1.54, 1.807) is 17.5 Å². The van der Waals surface area contributed by atoms with Gasteiger partial charge in [0.25, 0.3) is 11.6 Å². The molecule has 3 aromatic rings. The summed E-state index contributed by atoms with van der Waals surface area (Å²) in [5.41, 5.74) is 1.38. The number of aromatic nitrogens is 1. The fourth-order valence-electron chi connectivity index (χ4n) is 1.90. The van der Waals surface area contributed by atoms with Crippen LogP contribution in [-0.2, 0) is 0 Å². The topological polar surface area (TPSA) is 85.1 Å². The highest BCUT2D eigenvalue weighted by Crippen LogP contribution is 2.32. The van der Waals surface area contributed by atoms with Crippen molar-refractivity contribution in [2.24, 2.45) is 0 Å². The first kappa shape index (κ1) is 16.8. The Balaban J connectivity index is 1.81. The Morgan fingerprint density at radius 1 is 1.29 bits per heavy atom. The summed E-state index contributed by atoms with van der Waals surface area (Å²) in [6.07, 6.45) is 0. The Bertz CT molecular complexity index is 939. The van der Waals surface area contributed by atoms with E-state index in [9.17, 15) is 14.9 Å². The van der Waals surface area contributed by atoms with Crippen molar-refractivity contribution in [3.63, 3.8) is 0 Å². The van der Waals surface area contributed by atoms with E-state index in [2.05, 4.69) is 10.3 Å². The van der Waals surface area contributed by atoms with E-state index in [0.717, 1.165) is 11.3 Å². The highest BCUT2D eigenvalue weighted by atomic mass is 35.5. The number of nitro benzene ring substituents is 1. The SMILES string of the molecule is O=C(Nc1nc(-c2cccc([N+](=O)[O-])c2)cs1)c1cc(Cl)sc1Cl. The molecule has 0 saturated heterocycles. The lowest BCUT2D eigenvalue weighted by Crippen LogP contribution is -2.11. The molecule has 0 bridgehead atoms. The minimum absolute atomic E-state index is 0.0224. The Kier molecular flexibility index (Phi) is 4.81. The molecule has 0 unspecified atom stereocenters. The van der Waals surface area contributed by atoms with Gasteiger partial charge >= 0.3 is 0 Å². The molecule has 0 aliphatic carbocycles. The molecular weight excluding hydrogens is 393 g/mol. The number of rotatable bonds is 4. The second-order valence-electron chi connectivity index (χ2n) is 4.54. The van der Waals surface area contributed by atoms with Gasteiger partial charge in [0.15, 0.2) is 5.13 Å². The van der Waals surface area contributed by atoms with Gasteiger partial charge in [-0.15, -0.1) is 22.7 Å². The number of hydrogen-bond donors (Lipinski definition) is 1. The number of hydrogen-bond acceptors (Lipinski definition) is 6. The zero-order chi connectivity index (χ0) is 17.3. The molecule has 0 spiro atoms. The number of nitrogens with one attached hydrogen (secondary N) is 1. The molecule has 1 amide bonds. The molecule has 122 valence electrons. The molecule has 2 heterocycles. The lowest BCUT2D eigenvalue weighted by molar-refractivity contribution is -0.384. The van der Waals surface area contributed by atoms with Gasteiger partial charge in [-0.2, -0.15) is 0 Å². The van der Waals surface area contributed by atoms with Gasteiger partial charge in [0.05, 0.1) is 20.5 Å². The van der Waals surface area contributed by atoms with Gasteiger partial charge in [-0.1, -0.05) is 35.3 Å². The number of benzene rings is 1. The molecule has 10 heteroatoms. The van der Waals surface area contributed by atoms with E-state index in [-0.39, 0.29) is 11.3 Å². The van der Waals surface area contributed by atoms with Crippen LogP contribution >= 0.6 is 45.9 Å². The Hall–Kier alpha value is -2.00. The maximum absolute atomic E-state index is 12.2. The summed E-state index contributed by atoms with van der Waals surface area (Å²) in [4.78, 5) is 26.8. The second kappa shape index (κ2) is 6.86. The largest absolute Gasteiger partial charge is 0.298 e. The summed E-state index contributed by atoms with van der Waals surface area (Å²) >= 11 is 14.1. The van der Waals surface area contributed by atoms with Crippen LogP contribution in [0.5, 0.6) is 0 Å². The van der Waals surface area contributed by atoms with Crippen LogP contribution in [-0.4, -0.2) is 15.8 Å². The molecule has 1 N–H and O–H groups in total. The predicted octanol–water partition coefficient (Wildman–Crippen LogP) is 5.34. The van der Waals surface area contributed by atoms with Gasteiger partial charge in [-0.25, -0.2) is 4.98 Å². The van der Waals surface area contributed by atoms with Crippen LogP contribution in [0.2, 0.25) is 8.67 Å². The summed E-state index contributed by atoms with van der Waals surface area (Å²) in [5.74, 6) is -0.414. The summed E-state index contributed by atoms with van der Waals surface area (Å²) in [6, 6.07) is 7.61. The molecule has 0 fully saturated rings. The normalized spacial score (nSPS) is 10.6. The van der Waals surface area contributed by atoms with Crippen molar-refractivity contribution in [2.45, 2.75) is 0 Å². The van der Waals surface area contributed by atoms with Crippen molar-refractivity contribution >= 4 is 62.6 Å². The van der Waals surface area contributed by atoms with Gasteiger partial charge in [-0.3, -0.25) is 20.2 Å². The molecule has 2 aromatic heterocycles. The van der Waals surface area contributed by atoms with Crippen LogP contribution < -0.4 is 5.32 Å². The standard InChI is InChI=1S/C14H7Cl2N3O3S2/c15-11-5-9(12(16)24-11)13(20)18-14-17-10(6-23-14)7-2-1-3-8(4-7)19(21)22/h1-6H,(H,17,18,20). The van der Waals surface area contributed by atoms with Crippen molar-refractivity contribution in [3.8, 4) is 11.3 Å². The number of nitrogens with zero attached hydrogens (tertiary/aromatic N) is 2. The fraction of sp³-hybridized carbons (Fsp3) is 0. The first-order valence-corrected chi connectivity index (χ1v) is 8.86. The zero-order valence-corrected chi connectivity index (χ0v) is 14.8. The molecule has 24 heavy (non-hydrogen) atoms. The number of amides is 1. The molecule has 0 atom stereocenters. The summed E-state index contributed by atoms with van der Waals surface area (Å²) in [5, 5.41) is 15.5. The smallest absolute Gasteiger partial charge is 0.270 e. The molecule has 0 radical (unpaired) electrons. The van der Waals surface area contributed by atoms with Crippen molar-refractivity contribution in [1.29, 1.82) is 0 Å². The lowest BCUT2D eigenvalue weighted by atomic mass is 10.1. The van der Waals surface area contributed by atoms with Gasteiger partial charge in [-0.05, 0) is 6.07 Å². The minimum atomic E-state index is -0.471. The monoisotopic (exact) mass is 399 g/mol. The number of thiophene rings is 1. The maximum atomic E-state index is 12.2. The quantitative estimate of drug-likeness (QED) is 0.473. The highest BCUT2D eigenvalue weighted by molar-refractivity contribution is 7.20. The zero-order valence-electron chi connectivity index (χ0n) is 11.7. The van der Waals surface area contributed by atoms with Crippen LogP contribution in [0.15, 0.2) is 35.7 Å². The van der Waals surface area contributed by atoms with Crippen LogP contribution in [0.25, 0.3) is 11.3 Å². The van der Waals surface area contributed by atoms with Crippen LogP contribution in [0.1, 0.15) is 10.4 Å². The Morgan fingerprint density at radius 2 is 2.08 bits per heavy atom. The van der Waals surface area contributed by atoms with Crippen LogP contribution in [0.3, 0.4) is 0 Å². The highest BCUT2D eigenvalue weighted by Gasteiger charge is 2.16. The third-order valence-corrected chi connectivity index (χ3v) is 5.22. The average Bonchev–Trinajstić information content (AvgIpc) is 3.13. The Labute approximate surface area is 153 Å². The minimum Gasteiger partial charge on any atom is -0.298 e. The first-order valence-electron chi connectivity index (χ1n) is 6.40. The molecule has 0 saturated carbocycles. The number of thiazole rings is 1. The predicted molar refractivity (Wildman–Crippen MR) is 96.5 cm³/mol. The van der Waals surface area contributed by atoms with Crippen LogP contribution in [0.4, 0.5) is 10.8 Å². The Morgan fingerprint density at radius 3 is 2.75 bits per heavy atom. The van der Waals surface area contributed by atoms with Crippen molar-refractivity contribution in [1.82, 2.24) is 4.98 Å². The van der Waals surface area contributed by atoms with E-state index < -0.39 is 10.8 Å². The number of nitro groups is 1. The van der Waals surface area contributed by atoms with Gasteiger partial charge in [0, 0.05) is 23.1 Å². The summed E-state index contributed by atoms with van der Waals surface area (Å²) < 4.78 is 0.717. The third-order valence-electron chi connectivity index (χ3n) is 2.98. The summed E-state index contributed by atoms with van der Waals surface area (Å²) in [7, 11) is 0. The van der Waals surface area contributed by atoms with Crippen molar-refractivity contribution in [3.05, 3.63) is 60.1 Å².